The standard InChI is InChI=1S/C17H18ClNO3/c1-3-21-16-6-4-5-14(11-16)19-17(20)12(2)22-15-9-7-13(18)8-10-15/h4-12H,3H2,1-2H3,(H,19,20)/t12-/m1/s1. The average Bonchev–Trinajstić information content (AvgIpc) is 2.50. The molecule has 0 bridgehead atoms. The van der Waals surface area contributed by atoms with Crippen LogP contribution in [-0.2, 0) is 4.79 Å². The summed E-state index contributed by atoms with van der Waals surface area (Å²) in [5.41, 5.74) is 0.669. The second kappa shape index (κ2) is 7.71. The van der Waals surface area contributed by atoms with E-state index < -0.39 is 6.10 Å². The number of ether oxygens (including phenoxy) is 2. The molecule has 0 unspecified atom stereocenters. The van der Waals surface area contributed by atoms with Gasteiger partial charge < -0.3 is 14.8 Å². The second-order valence-electron chi connectivity index (χ2n) is 4.66. The van der Waals surface area contributed by atoms with Crippen molar-refractivity contribution >= 4 is 23.2 Å². The van der Waals surface area contributed by atoms with E-state index >= 15 is 0 Å². The van der Waals surface area contributed by atoms with Gasteiger partial charge in [-0.25, -0.2) is 0 Å². The molecular weight excluding hydrogens is 302 g/mol. The van der Waals surface area contributed by atoms with Crippen molar-refractivity contribution in [3.63, 3.8) is 0 Å². The highest BCUT2D eigenvalue weighted by atomic mass is 35.5. The highest BCUT2D eigenvalue weighted by molar-refractivity contribution is 6.30. The van der Waals surface area contributed by atoms with Crippen molar-refractivity contribution in [2.45, 2.75) is 20.0 Å². The zero-order valence-corrected chi connectivity index (χ0v) is 13.3. The van der Waals surface area contributed by atoms with Crippen LogP contribution in [0.5, 0.6) is 11.5 Å². The van der Waals surface area contributed by atoms with Gasteiger partial charge in [-0.2, -0.15) is 0 Å². The van der Waals surface area contributed by atoms with E-state index in [0.717, 1.165) is 0 Å². The van der Waals surface area contributed by atoms with Gasteiger partial charge in [0.2, 0.25) is 0 Å². The summed E-state index contributed by atoms with van der Waals surface area (Å²) in [6.45, 7) is 4.18. The third-order valence-corrected chi connectivity index (χ3v) is 3.16. The van der Waals surface area contributed by atoms with Gasteiger partial charge >= 0.3 is 0 Å². The largest absolute Gasteiger partial charge is 0.494 e. The van der Waals surface area contributed by atoms with Crippen LogP contribution >= 0.6 is 11.6 Å². The molecule has 1 N–H and O–H groups in total. The lowest BCUT2D eigenvalue weighted by atomic mass is 10.2. The van der Waals surface area contributed by atoms with Gasteiger partial charge in [-0.15, -0.1) is 0 Å². The molecule has 0 saturated carbocycles. The molecule has 0 heterocycles. The van der Waals surface area contributed by atoms with Crippen molar-refractivity contribution in [1.29, 1.82) is 0 Å². The number of anilines is 1. The molecule has 2 aromatic rings. The van der Waals surface area contributed by atoms with E-state index in [4.69, 9.17) is 21.1 Å². The lowest BCUT2D eigenvalue weighted by Crippen LogP contribution is -2.30. The summed E-state index contributed by atoms with van der Waals surface area (Å²) < 4.78 is 11.0. The van der Waals surface area contributed by atoms with Crippen LogP contribution in [0.4, 0.5) is 5.69 Å². The van der Waals surface area contributed by atoms with E-state index in [1.807, 2.05) is 19.1 Å². The van der Waals surface area contributed by atoms with Crippen LogP contribution in [0.3, 0.4) is 0 Å². The molecule has 0 aliphatic rings. The first-order valence-electron chi connectivity index (χ1n) is 7.04. The van der Waals surface area contributed by atoms with Gasteiger partial charge in [0.05, 0.1) is 6.61 Å². The van der Waals surface area contributed by atoms with Crippen LogP contribution in [0.25, 0.3) is 0 Å². The summed E-state index contributed by atoms with van der Waals surface area (Å²) in [6.07, 6.45) is -0.628. The van der Waals surface area contributed by atoms with Crippen molar-refractivity contribution in [1.82, 2.24) is 0 Å². The Morgan fingerprint density at radius 3 is 2.59 bits per heavy atom. The molecule has 0 radical (unpaired) electrons. The number of nitrogens with one attached hydrogen (secondary N) is 1. The highest BCUT2D eigenvalue weighted by Crippen LogP contribution is 2.19. The highest BCUT2D eigenvalue weighted by Gasteiger charge is 2.15. The minimum atomic E-state index is -0.628. The SMILES string of the molecule is CCOc1cccc(NC(=O)[C@@H](C)Oc2ccc(Cl)cc2)c1. The van der Waals surface area contributed by atoms with Gasteiger partial charge in [-0.1, -0.05) is 17.7 Å². The predicted octanol–water partition coefficient (Wildman–Crippen LogP) is 4.14. The van der Waals surface area contributed by atoms with E-state index in [1.54, 1.807) is 43.3 Å². The number of carbonyl (C=O) groups excluding carboxylic acids is 1. The molecule has 0 aromatic heterocycles. The molecule has 0 fully saturated rings. The number of carbonyl (C=O) groups is 1. The van der Waals surface area contributed by atoms with Gasteiger partial charge in [0.25, 0.3) is 5.91 Å². The van der Waals surface area contributed by atoms with E-state index in [0.29, 0.717) is 28.8 Å². The molecular formula is C17H18ClNO3. The van der Waals surface area contributed by atoms with Crippen LogP contribution in [0.1, 0.15) is 13.8 Å². The first-order valence-corrected chi connectivity index (χ1v) is 7.42. The predicted molar refractivity (Wildman–Crippen MR) is 87.8 cm³/mol. The van der Waals surface area contributed by atoms with Gasteiger partial charge in [0.1, 0.15) is 11.5 Å². The fraction of sp³-hybridized carbons (Fsp3) is 0.235. The van der Waals surface area contributed by atoms with Crippen molar-refractivity contribution < 1.29 is 14.3 Å². The lowest BCUT2D eigenvalue weighted by Gasteiger charge is -2.15. The Bertz CT molecular complexity index is 628. The summed E-state index contributed by atoms with van der Waals surface area (Å²) in [4.78, 5) is 12.1. The molecule has 1 atom stereocenters. The van der Waals surface area contributed by atoms with Crippen LogP contribution in [0, 0.1) is 0 Å². The van der Waals surface area contributed by atoms with Crippen molar-refractivity contribution in [2.24, 2.45) is 0 Å². The quantitative estimate of drug-likeness (QED) is 0.870. The maximum atomic E-state index is 12.1. The van der Waals surface area contributed by atoms with Crippen molar-refractivity contribution in [3.05, 3.63) is 53.6 Å². The number of hydrogen-bond donors (Lipinski definition) is 1. The fourth-order valence-corrected chi connectivity index (χ4v) is 1.97. The molecule has 22 heavy (non-hydrogen) atoms. The van der Waals surface area contributed by atoms with Crippen molar-refractivity contribution in [2.75, 3.05) is 11.9 Å². The van der Waals surface area contributed by atoms with Crippen LogP contribution in [-0.4, -0.2) is 18.6 Å². The Kier molecular flexibility index (Phi) is 5.67. The number of benzene rings is 2. The Morgan fingerprint density at radius 1 is 1.18 bits per heavy atom. The molecule has 4 nitrogen and oxygen atoms in total. The number of rotatable bonds is 6. The third-order valence-electron chi connectivity index (χ3n) is 2.91. The molecule has 1 amide bonds. The normalized spacial score (nSPS) is 11.6. The van der Waals surface area contributed by atoms with Crippen LogP contribution in [0.15, 0.2) is 48.5 Å². The number of halogens is 1. The molecule has 0 aliphatic carbocycles. The second-order valence-corrected chi connectivity index (χ2v) is 5.10. The fourth-order valence-electron chi connectivity index (χ4n) is 1.85. The Labute approximate surface area is 135 Å². The molecule has 0 saturated heterocycles. The molecule has 5 heteroatoms. The van der Waals surface area contributed by atoms with Gasteiger partial charge in [-0.05, 0) is 50.2 Å². The van der Waals surface area contributed by atoms with E-state index in [-0.39, 0.29) is 5.91 Å². The molecule has 116 valence electrons. The molecule has 2 aromatic carbocycles. The summed E-state index contributed by atoms with van der Waals surface area (Å²) in [7, 11) is 0. The Balaban J connectivity index is 1.96. The van der Waals surface area contributed by atoms with Gasteiger partial charge in [0, 0.05) is 16.8 Å². The minimum Gasteiger partial charge on any atom is -0.494 e. The maximum absolute atomic E-state index is 12.1. The third kappa shape index (κ3) is 4.67. The average molecular weight is 320 g/mol. The maximum Gasteiger partial charge on any atom is 0.265 e. The Morgan fingerprint density at radius 2 is 1.91 bits per heavy atom. The summed E-state index contributed by atoms with van der Waals surface area (Å²) in [5, 5.41) is 3.42. The molecule has 0 spiro atoms. The van der Waals surface area contributed by atoms with E-state index in [1.165, 1.54) is 0 Å². The summed E-state index contributed by atoms with van der Waals surface area (Å²) in [6, 6.07) is 14.1. The van der Waals surface area contributed by atoms with Crippen LogP contribution in [0.2, 0.25) is 5.02 Å². The zero-order valence-electron chi connectivity index (χ0n) is 12.5. The number of hydrogen-bond acceptors (Lipinski definition) is 3. The smallest absolute Gasteiger partial charge is 0.265 e. The Hall–Kier alpha value is -2.20. The topological polar surface area (TPSA) is 47.6 Å². The minimum absolute atomic E-state index is 0.233. The summed E-state index contributed by atoms with van der Waals surface area (Å²) >= 11 is 5.81. The van der Waals surface area contributed by atoms with E-state index in [2.05, 4.69) is 5.32 Å². The van der Waals surface area contributed by atoms with Crippen LogP contribution < -0.4 is 14.8 Å². The first-order chi connectivity index (χ1) is 10.6. The van der Waals surface area contributed by atoms with E-state index in [9.17, 15) is 4.79 Å². The van der Waals surface area contributed by atoms with Gasteiger partial charge in [-0.3, -0.25) is 4.79 Å². The van der Waals surface area contributed by atoms with Crippen molar-refractivity contribution in [3.8, 4) is 11.5 Å². The number of amides is 1. The monoisotopic (exact) mass is 319 g/mol. The first kappa shape index (κ1) is 16.2. The molecule has 0 aliphatic heterocycles. The van der Waals surface area contributed by atoms with Gasteiger partial charge in [0.15, 0.2) is 6.10 Å². The summed E-state index contributed by atoms with van der Waals surface area (Å²) in [5.74, 6) is 1.07. The molecule has 2 rings (SSSR count). The lowest BCUT2D eigenvalue weighted by molar-refractivity contribution is -0.122. The zero-order chi connectivity index (χ0) is 15.9.